The zero-order valence-electron chi connectivity index (χ0n) is 20.6. The topological polar surface area (TPSA) is 108 Å². The summed E-state index contributed by atoms with van der Waals surface area (Å²) >= 11 is 1.51. The average Bonchev–Trinajstić information content (AvgIpc) is 3.47. The number of sulfonamides is 1. The first-order valence-electron chi connectivity index (χ1n) is 12.3. The predicted molar refractivity (Wildman–Crippen MR) is 144 cm³/mol. The van der Waals surface area contributed by atoms with Gasteiger partial charge in [0, 0.05) is 31.0 Å². The molecule has 2 aromatic carbocycles. The number of carbonyl (C=O) groups is 2. The lowest BCUT2D eigenvalue weighted by atomic mass is 10.0. The van der Waals surface area contributed by atoms with Crippen LogP contribution in [0, 0.1) is 0 Å². The fraction of sp³-hybridized carbons (Fsp3) is 0.423. The van der Waals surface area contributed by atoms with Crippen LogP contribution >= 0.6 is 11.8 Å². The second-order valence-corrected chi connectivity index (χ2v) is 11.9. The van der Waals surface area contributed by atoms with E-state index >= 15 is 0 Å². The summed E-state index contributed by atoms with van der Waals surface area (Å²) in [4.78, 5) is 29.0. The van der Waals surface area contributed by atoms with E-state index in [-0.39, 0.29) is 29.2 Å². The van der Waals surface area contributed by atoms with Gasteiger partial charge in [0.2, 0.25) is 21.8 Å². The molecule has 0 fully saturated rings. The number of fused-ring (bicyclic) bond motifs is 1. The maximum atomic E-state index is 12.9. The number of aryl methyl sites for hydroxylation is 1. The van der Waals surface area contributed by atoms with Gasteiger partial charge in [-0.2, -0.15) is 4.31 Å². The van der Waals surface area contributed by atoms with E-state index in [1.54, 1.807) is 24.3 Å². The number of aliphatic imine (C=N–C) groups is 1. The van der Waals surface area contributed by atoms with Crippen LogP contribution in [0.25, 0.3) is 0 Å². The fourth-order valence-corrected chi connectivity index (χ4v) is 6.93. The van der Waals surface area contributed by atoms with Crippen LogP contribution in [0.2, 0.25) is 0 Å². The number of amidine groups is 1. The van der Waals surface area contributed by atoms with Crippen LogP contribution in [0.1, 0.15) is 55.8 Å². The highest BCUT2D eigenvalue weighted by Crippen LogP contribution is 2.33. The minimum atomic E-state index is -3.51. The van der Waals surface area contributed by atoms with Gasteiger partial charge in [-0.1, -0.05) is 49.9 Å². The molecule has 2 N–H and O–H groups in total. The third kappa shape index (κ3) is 6.16. The van der Waals surface area contributed by atoms with Crippen LogP contribution in [0.15, 0.2) is 52.4 Å². The van der Waals surface area contributed by atoms with Crippen molar-refractivity contribution in [1.29, 1.82) is 0 Å². The van der Waals surface area contributed by atoms with Crippen LogP contribution in [-0.2, 0) is 32.5 Å². The van der Waals surface area contributed by atoms with E-state index in [1.807, 2.05) is 32.0 Å². The molecule has 10 heteroatoms. The van der Waals surface area contributed by atoms with E-state index in [4.69, 9.17) is 0 Å². The molecule has 2 aliphatic rings. The Balaban J connectivity index is 1.30. The van der Waals surface area contributed by atoms with Crippen molar-refractivity contribution in [3.05, 3.63) is 59.2 Å². The van der Waals surface area contributed by atoms with Crippen molar-refractivity contribution in [2.24, 2.45) is 4.99 Å². The van der Waals surface area contributed by atoms with E-state index in [1.165, 1.54) is 16.1 Å². The highest BCUT2D eigenvalue weighted by atomic mass is 32.2. The Kier molecular flexibility index (Phi) is 8.48. The molecule has 2 aliphatic heterocycles. The average molecular weight is 529 g/mol. The summed E-state index contributed by atoms with van der Waals surface area (Å²) in [7, 11) is -3.51. The van der Waals surface area contributed by atoms with Gasteiger partial charge in [0.25, 0.3) is 0 Å². The molecule has 0 aliphatic carbocycles. The summed E-state index contributed by atoms with van der Waals surface area (Å²) < 4.78 is 27.3. The minimum absolute atomic E-state index is 0.00521. The molecular weight excluding hydrogens is 496 g/mol. The van der Waals surface area contributed by atoms with Gasteiger partial charge in [0.15, 0.2) is 5.17 Å². The van der Waals surface area contributed by atoms with Crippen molar-refractivity contribution in [3.63, 3.8) is 0 Å². The Morgan fingerprint density at radius 3 is 2.56 bits per heavy atom. The van der Waals surface area contributed by atoms with Gasteiger partial charge in [0.1, 0.15) is 0 Å². The Labute approximate surface area is 217 Å². The number of nitrogens with zero attached hydrogens (tertiary/aromatic N) is 2. The van der Waals surface area contributed by atoms with Gasteiger partial charge in [-0.15, -0.1) is 0 Å². The predicted octanol–water partition coefficient (Wildman–Crippen LogP) is 3.88. The zero-order valence-corrected chi connectivity index (χ0v) is 22.3. The molecule has 8 nitrogen and oxygen atoms in total. The highest BCUT2D eigenvalue weighted by Gasteiger charge is 2.25. The van der Waals surface area contributed by atoms with Crippen molar-refractivity contribution in [2.75, 3.05) is 24.2 Å². The van der Waals surface area contributed by atoms with Gasteiger partial charge in [-0.3, -0.25) is 14.6 Å². The third-order valence-electron chi connectivity index (χ3n) is 6.18. The third-order valence-corrected chi connectivity index (χ3v) is 9.06. The second-order valence-electron chi connectivity index (χ2n) is 9.00. The summed E-state index contributed by atoms with van der Waals surface area (Å²) in [5.41, 5.74) is 3.78. The van der Waals surface area contributed by atoms with E-state index in [0.29, 0.717) is 31.1 Å². The molecule has 0 saturated carbocycles. The van der Waals surface area contributed by atoms with Crippen LogP contribution in [0.4, 0.5) is 5.69 Å². The highest BCUT2D eigenvalue weighted by molar-refractivity contribution is 8.14. The van der Waals surface area contributed by atoms with Crippen LogP contribution in [0.5, 0.6) is 0 Å². The number of benzene rings is 2. The number of carbonyl (C=O) groups excluding carboxylic acids is 2. The summed E-state index contributed by atoms with van der Waals surface area (Å²) in [5, 5.41) is 6.33. The van der Waals surface area contributed by atoms with E-state index in [9.17, 15) is 18.0 Å². The molecule has 0 spiro atoms. The molecule has 1 unspecified atom stereocenters. The maximum Gasteiger partial charge on any atom is 0.243 e. The smallest absolute Gasteiger partial charge is 0.243 e. The summed E-state index contributed by atoms with van der Waals surface area (Å²) in [6.45, 7) is 4.94. The van der Waals surface area contributed by atoms with Crippen LogP contribution in [0.3, 0.4) is 0 Å². The molecule has 36 heavy (non-hydrogen) atoms. The van der Waals surface area contributed by atoms with Crippen molar-refractivity contribution in [3.8, 4) is 0 Å². The molecule has 2 heterocycles. The van der Waals surface area contributed by atoms with Gasteiger partial charge in [0.05, 0.1) is 17.4 Å². The quantitative estimate of drug-likeness (QED) is 0.487. The Morgan fingerprint density at radius 2 is 1.86 bits per heavy atom. The van der Waals surface area contributed by atoms with E-state index in [2.05, 4.69) is 15.6 Å². The fourth-order valence-electron chi connectivity index (χ4n) is 4.34. The van der Waals surface area contributed by atoms with Crippen molar-refractivity contribution in [1.82, 2.24) is 9.62 Å². The molecule has 192 valence electrons. The Morgan fingerprint density at radius 1 is 1.14 bits per heavy atom. The SMILES string of the molecule is CCCN(CCC)S(=O)(=O)c1ccc(CCC(=O)NC2=NC(c3ccc4c(c3)CC(=O)N4)CS2)cc1. The molecule has 0 bridgehead atoms. The number of amides is 2. The lowest BCUT2D eigenvalue weighted by molar-refractivity contribution is -0.119. The summed E-state index contributed by atoms with van der Waals surface area (Å²) in [5.74, 6) is 0.615. The molecule has 2 amide bonds. The molecule has 4 rings (SSSR count). The maximum absolute atomic E-state index is 12.9. The lowest BCUT2D eigenvalue weighted by Gasteiger charge is -2.21. The van der Waals surface area contributed by atoms with Gasteiger partial charge in [-0.05, 0) is 54.2 Å². The van der Waals surface area contributed by atoms with Gasteiger partial charge in [-0.25, -0.2) is 8.42 Å². The number of anilines is 1. The summed E-state index contributed by atoms with van der Waals surface area (Å²) in [6, 6.07) is 12.7. The number of rotatable bonds is 10. The molecule has 1 atom stereocenters. The summed E-state index contributed by atoms with van der Waals surface area (Å²) in [6.07, 6.45) is 2.71. The van der Waals surface area contributed by atoms with Crippen molar-refractivity contribution < 1.29 is 18.0 Å². The molecule has 2 aromatic rings. The molecule has 0 aromatic heterocycles. The number of hydrogen-bond acceptors (Lipinski definition) is 6. The van der Waals surface area contributed by atoms with E-state index < -0.39 is 10.0 Å². The number of thioether (sulfide) groups is 1. The monoisotopic (exact) mass is 528 g/mol. The van der Waals surface area contributed by atoms with Crippen molar-refractivity contribution >= 4 is 44.5 Å². The lowest BCUT2D eigenvalue weighted by Crippen LogP contribution is -2.32. The van der Waals surface area contributed by atoms with Gasteiger partial charge < -0.3 is 10.6 Å². The molecule has 0 saturated heterocycles. The normalized spacial score (nSPS) is 17.1. The minimum Gasteiger partial charge on any atom is -0.326 e. The number of hydrogen-bond donors (Lipinski definition) is 2. The van der Waals surface area contributed by atoms with Crippen LogP contribution in [-0.4, -0.2) is 48.5 Å². The second kappa shape index (κ2) is 11.6. The standard InChI is InChI=1S/C26H32N4O4S2/c1-3-13-30(14-4-2)36(33,34)21-9-5-18(6-10-21)7-12-24(31)29-26-28-23(17-35-26)19-8-11-22-20(15-19)16-25(32)27-22/h5-6,8-11,15,23H,3-4,7,12-14,16-17H2,1-2H3,(H,27,32)(H,28,29,31). The van der Waals surface area contributed by atoms with E-state index in [0.717, 1.165) is 41.0 Å². The Bertz CT molecular complexity index is 1250. The largest absolute Gasteiger partial charge is 0.326 e. The first-order chi connectivity index (χ1) is 17.3. The molecular formula is C26H32N4O4S2. The Hall–Kier alpha value is -2.69. The van der Waals surface area contributed by atoms with Gasteiger partial charge >= 0.3 is 0 Å². The van der Waals surface area contributed by atoms with Crippen molar-refractivity contribution in [2.45, 2.75) is 56.9 Å². The first-order valence-corrected chi connectivity index (χ1v) is 14.7. The first kappa shape index (κ1) is 26.4. The number of nitrogens with one attached hydrogen (secondary N) is 2. The zero-order chi connectivity index (χ0) is 25.7. The molecule has 0 radical (unpaired) electrons. The van der Waals surface area contributed by atoms with Crippen LogP contribution < -0.4 is 10.6 Å².